The largest absolute Gasteiger partial charge is 0.507 e. The molecule has 0 spiro atoms. The van der Waals surface area contributed by atoms with E-state index in [1.54, 1.807) is 36.4 Å². The first-order chi connectivity index (χ1) is 13.0. The number of benzene rings is 2. The molecule has 1 heterocycles. The molecular formula is C20H20N2O5. The summed E-state index contributed by atoms with van der Waals surface area (Å²) in [6.45, 7) is 0.637. The van der Waals surface area contributed by atoms with Crippen LogP contribution in [0.15, 0.2) is 42.5 Å². The van der Waals surface area contributed by atoms with Crippen molar-refractivity contribution in [3.63, 3.8) is 0 Å². The van der Waals surface area contributed by atoms with Crippen molar-refractivity contribution in [1.82, 2.24) is 10.6 Å². The monoisotopic (exact) mass is 368 g/mol. The Balaban J connectivity index is 1.74. The number of carbonyl (C=O) groups is 3. The van der Waals surface area contributed by atoms with Gasteiger partial charge in [0.05, 0.1) is 12.7 Å². The summed E-state index contributed by atoms with van der Waals surface area (Å²) < 4.78 is 4.63. The molecular weight excluding hydrogens is 348 g/mol. The summed E-state index contributed by atoms with van der Waals surface area (Å²) in [4.78, 5) is 35.6. The molecule has 1 fully saturated rings. The van der Waals surface area contributed by atoms with Crippen LogP contribution in [-0.2, 0) is 9.53 Å². The number of hydrogen-bond acceptors (Lipinski definition) is 5. The second kappa shape index (κ2) is 7.90. The van der Waals surface area contributed by atoms with Gasteiger partial charge in [-0.2, -0.15) is 0 Å². The zero-order chi connectivity index (χ0) is 19.4. The fraction of sp³-hybridized carbons (Fsp3) is 0.250. The molecule has 7 nitrogen and oxygen atoms in total. The Kier molecular flexibility index (Phi) is 5.40. The van der Waals surface area contributed by atoms with Crippen LogP contribution in [0.2, 0.25) is 0 Å². The Morgan fingerprint density at radius 2 is 1.85 bits per heavy atom. The van der Waals surface area contributed by atoms with Crippen molar-refractivity contribution < 1.29 is 24.2 Å². The minimum atomic E-state index is -0.532. The molecule has 0 aliphatic carbocycles. The first-order valence-corrected chi connectivity index (χ1v) is 8.60. The second-order valence-corrected chi connectivity index (χ2v) is 6.26. The Labute approximate surface area is 156 Å². The molecule has 3 N–H and O–H groups in total. The van der Waals surface area contributed by atoms with Crippen LogP contribution in [0.3, 0.4) is 0 Å². The number of aromatic hydroxyl groups is 1. The van der Waals surface area contributed by atoms with Crippen molar-refractivity contribution in [2.24, 2.45) is 0 Å². The van der Waals surface area contributed by atoms with Gasteiger partial charge in [0.2, 0.25) is 5.91 Å². The molecule has 2 aromatic rings. The second-order valence-electron chi connectivity index (χ2n) is 6.26. The number of phenols is 1. The lowest BCUT2D eigenvalue weighted by atomic mass is 10.0. The highest BCUT2D eigenvalue weighted by Gasteiger charge is 2.24. The first-order valence-electron chi connectivity index (χ1n) is 8.60. The predicted molar refractivity (Wildman–Crippen MR) is 98.4 cm³/mol. The van der Waals surface area contributed by atoms with Crippen molar-refractivity contribution in [3.8, 4) is 16.9 Å². The van der Waals surface area contributed by atoms with Crippen LogP contribution in [0.5, 0.6) is 5.75 Å². The fourth-order valence-corrected chi connectivity index (χ4v) is 2.97. The van der Waals surface area contributed by atoms with E-state index in [1.165, 1.54) is 13.2 Å². The number of phenolic OH excluding ortho intramolecular Hbond substituents is 1. The molecule has 2 aromatic carbocycles. The van der Waals surface area contributed by atoms with Crippen LogP contribution >= 0.6 is 0 Å². The van der Waals surface area contributed by atoms with Gasteiger partial charge in [-0.05, 0) is 48.7 Å². The van der Waals surface area contributed by atoms with Crippen LogP contribution in [0.25, 0.3) is 11.1 Å². The van der Waals surface area contributed by atoms with Crippen molar-refractivity contribution in [3.05, 3.63) is 53.6 Å². The van der Waals surface area contributed by atoms with Crippen LogP contribution in [0.1, 0.15) is 33.6 Å². The summed E-state index contributed by atoms with van der Waals surface area (Å²) in [5.41, 5.74) is 1.89. The Hall–Kier alpha value is -3.35. The number of methoxy groups -OCH3 is 1. The van der Waals surface area contributed by atoms with Gasteiger partial charge in [-0.25, -0.2) is 4.79 Å². The summed E-state index contributed by atoms with van der Waals surface area (Å²) in [5.74, 6) is -1.08. The average molecular weight is 368 g/mol. The number of ether oxygens (including phenoxy) is 1. The van der Waals surface area contributed by atoms with Crippen molar-refractivity contribution in [1.29, 1.82) is 0 Å². The molecule has 0 bridgehead atoms. The SMILES string of the molecule is COC(=O)c1ccc(-c2ccc(C(=O)N[C@@H]3CCCNC3=O)cc2)c(O)c1. The van der Waals surface area contributed by atoms with Gasteiger partial charge in [-0.1, -0.05) is 12.1 Å². The van der Waals surface area contributed by atoms with Crippen LogP contribution in [0.4, 0.5) is 0 Å². The zero-order valence-electron chi connectivity index (χ0n) is 14.8. The minimum absolute atomic E-state index is 0.0611. The standard InChI is InChI=1S/C20H20N2O5/c1-27-20(26)14-8-9-15(17(23)11-14)12-4-6-13(7-5-12)18(24)22-16-3-2-10-21-19(16)25/h4-9,11,16,23H,2-3,10H2,1H3,(H,21,25)(H,22,24)/t16-/m1/s1. The average Bonchev–Trinajstić information content (AvgIpc) is 2.69. The first kappa shape index (κ1) is 18.4. The summed E-state index contributed by atoms with van der Waals surface area (Å²) in [5, 5.41) is 15.6. The van der Waals surface area contributed by atoms with Gasteiger partial charge in [0.25, 0.3) is 5.91 Å². The van der Waals surface area contributed by atoms with E-state index in [0.29, 0.717) is 29.7 Å². The lowest BCUT2D eigenvalue weighted by Crippen LogP contribution is -2.50. The summed E-state index contributed by atoms with van der Waals surface area (Å²) >= 11 is 0. The molecule has 0 unspecified atom stereocenters. The van der Waals surface area contributed by atoms with Gasteiger partial charge < -0.3 is 20.5 Å². The van der Waals surface area contributed by atoms with Crippen molar-refractivity contribution in [2.45, 2.75) is 18.9 Å². The molecule has 1 aliphatic rings. The third kappa shape index (κ3) is 4.08. The summed E-state index contributed by atoms with van der Waals surface area (Å²) in [6, 6.07) is 10.6. The lowest BCUT2D eigenvalue weighted by Gasteiger charge is -2.22. The number of nitrogens with one attached hydrogen (secondary N) is 2. The Bertz CT molecular complexity index is 876. The molecule has 7 heteroatoms. The fourth-order valence-electron chi connectivity index (χ4n) is 2.97. The van der Waals surface area contributed by atoms with Crippen LogP contribution < -0.4 is 10.6 Å². The van der Waals surface area contributed by atoms with Gasteiger partial charge in [0.15, 0.2) is 0 Å². The van der Waals surface area contributed by atoms with E-state index < -0.39 is 12.0 Å². The molecule has 1 aliphatic heterocycles. The maximum absolute atomic E-state index is 12.3. The molecule has 140 valence electrons. The Morgan fingerprint density at radius 3 is 2.48 bits per heavy atom. The van der Waals surface area contributed by atoms with Gasteiger partial charge >= 0.3 is 5.97 Å². The number of esters is 1. The highest BCUT2D eigenvalue weighted by molar-refractivity contribution is 5.98. The molecule has 1 saturated heterocycles. The van der Waals surface area contributed by atoms with Gasteiger partial charge in [-0.15, -0.1) is 0 Å². The number of amides is 2. The van der Waals surface area contributed by atoms with E-state index >= 15 is 0 Å². The molecule has 27 heavy (non-hydrogen) atoms. The van der Waals surface area contributed by atoms with Crippen LogP contribution in [0, 0.1) is 0 Å². The number of piperidine rings is 1. The van der Waals surface area contributed by atoms with Crippen molar-refractivity contribution in [2.75, 3.05) is 13.7 Å². The molecule has 0 saturated carbocycles. The quantitative estimate of drug-likeness (QED) is 0.715. The summed E-state index contributed by atoms with van der Waals surface area (Å²) in [7, 11) is 1.27. The third-order valence-corrected chi connectivity index (χ3v) is 4.47. The van der Waals surface area contributed by atoms with Crippen molar-refractivity contribution >= 4 is 17.8 Å². The van der Waals surface area contributed by atoms with E-state index in [9.17, 15) is 19.5 Å². The molecule has 1 atom stereocenters. The maximum atomic E-state index is 12.3. The zero-order valence-corrected chi connectivity index (χ0v) is 14.8. The normalized spacial score (nSPS) is 16.3. The van der Waals surface area contributed by atoms with Crippen LogP contribution in [-0.4, -0.2) is 42.6 Å². The smallest absolute Gasteiger partial charge is 0.337 e. The maximum Gasteiger partial charge on any atom is 0.337 e. The van der Waals surface area contributed by atoms with E-state index in [-0.39, 0.29) is 23.1 Å². The number of carbonyl (C=O) groups excluding carboxylic acids is 3. The van der Waals surface area contributed by atoms with E-state index in [2.05, 4.69) is 15.4 Å². The number of rotatable bonds is 4. The lowest BCUT2D eigenvalue weighted by molar-refractivity contribution is -0.124. The van der Waals surface area contributed by atoms with Gasteiger partial charge in [0.1, 0.15) is 11.8 Å². The molecule has 0 radical (unpaired) electrons. The predicted octanol–water partition coefficient (Wildman–Crippen LogP) is 1.85. The van der Waals surface area contributed by atoms with E-state index in [4.69, 9.17) is 0 Å². The topological polar surface area (TPSA) is 105 Å². The molecule has 2 amide bonds. The van der Waals surface area contributed by atoms with Gasteiger partial charge in [0, 0.05) is 17.7 Å². The molecule has 0 aromatic heterocycles. The number of hydrogen-bond donors (Lipinski definition) is 3. The minimum Gasteiger partial charge on any atom is -0.507 e. The molecule has 3 rings (SSSR count). The third-order valence-electron chi connectivity index (χ3n) is 4.47. The highest BCUT2D eigenvalue weighted by atomic mass is 16.5. The highest BCUT2D eigenvalue weighted by Crippen LogP contribution is 2.30. The van der Waals surface area contributed by atoms with E-state index in [1.807, 2.05) is 0 Å². The van der Waals surface area contributed by atoms with E-state index in [0.717, 1.165) is 6.42 Å². The Morgan fingerprint density at radius 1 is 1.15 bits per heavy atom. The summed E-state index contributed by atoms with van der Waals surface area (Å²) in [6.07, 6.45) is 1.45. The van der Waals surface area contributed by atoms with Gasteiger partial charge in [-0.3, -0.25) is 9.59 Å².